The van der Waals surface area contributed by atoms with Crippen LogP contribution in [0.2, 0.25) is 0 Å². The number of anilines is 1. The lowest BCUT2D eigenvalue weighted by Crippen LogP contribution is -2.27. The highest BCUT2D eigenvalue weighted by Gasteiger charge is 2.18. The lowest BCUT2D eigenvalue weighted by atomic mass is 10.3. The molecule has 0 saturated carbocycles. The number of aliphatic hydroxyl groups is 1. The SMILES string of the molecule is COc1ccc(N)cc1S(=O)(=O)NCCO. The fourth-order valence-corrected chi connectivity index (χ4v) is 2.38. The van der Waals surface area contributed by atoms with E-state index in [1.54, 1.807) is 6.07 Å². The Balaban J connectivity index is 3.15. The lowest BCUT2D eigenvalue weighted by molar-refractivity contribution is 0.301. The molecule has 1 rings (SSSR count). The van der Waals surface area contributed by atoms with E-state index in [4.69, 9.17) is 15.6 Å². The molecular weight excluding hydrogens is 232 g/mol. The average molecular weight is 246 g/mol. The van der Waals surface area contributed by atoms with Crippen molar-refractivity contribution in [3.05, 3.63) is 18.2 Å². The van der Waals surface area contributed by atoms with Gasteiger partial charge in [0.15, 0.2) is 0 Å². The Morgan fingerprint density at radius 3 is 2.75 bits per heavy atom. The molecule has 0 fully saturated rings. The highest BCUT2D eigenvalue weighted by atomic mass is 32.2. The number of methoxy groups -OCH3 is 1. The van der Waals surface area contributed by atoms with Crippen molar-refractivity contribution in [3.63, 3.8) is 0 Å². The highest BCUT2D eigenvalue weighted by molar-refractivity contribution is 7.89. The number of benzene rings is 1. The fraction of sp³-hybridized carbons (Fsp3) is 0.333. The Morgan fingerprint density at radius 2 is 2.19 bits per heavy atom. The van der Waals surface area contributed by atoms with Gasteiger partial charge in [-0.25, -0.2) is 13.1 Å². The molecule has 1 aromatic carbocycles. The van der Waals surface area contributed by atoms with Gasteiger partial charge in [0.2, 0.25) is 10.0 Å². The van der Waals surface area contributed by atoms with Gasteiger partial charge in [-0.05, 0) is 18.2 Å². The summed E-state index contributed by atoms with van der Waals surface area (Å²) in [6.45, 7) is -0.329. The van der Waals surface area contributed by atoms with Gasteiger partial charge in [-0.15, -0.1) is 0 Å². The first-order valence-corrected chi connectivity index (χ1v) is 6.03. The minimum Gasteiger partial charge on any atom is -0.495 e. The Morgan fingerprint density at radius 1 is 1.50 bits per heavy atom. The summed E-state index contributed by atoms with van der Waals surface area (Å²) < 4.78 is 30.7. The molecule has 0 aliphatic carbocycles. The number of aliphatic hydroxyl groups excluding tert-OH is 1. The molecule has 1 aromatic rings. The number of nitrogens with two attached hydrogens (primary N) is 1. The number of rotatable bonds is 5. The Bertz CT molecular complexity index is 459. The summed E-state index contributed by atoms with van der Waals surface area (Å²) >= 11 is 0. The van der Waals surface area contributed by atoms with E-state index in [0.29, 0.717) is 5.69 Å². The maximum atomic E-state index is 11.8. The second-order valence-electron chi connectivity index (χ2n) is 3.03. The molecular formula is C9H14N2O4S. The van der Waals surface area contributed by atoms with E-state index in [-0.39, 0.29) is 23.8 Å². The van der Waals surface area contributed by atoms with E-state index in [0.717, 1.165) is 0 Å². The molecule has 0 amide bonds. The number of hydrogen-bond donors (Lipinski definition) is 3. The molecule has 0 saturated heterocycles. The van der Waals surface area contributed by atoms with Gasteiger partial charge >= 0.3 is 0 Å². The Kier molecular flexibility index (Phi) is 4.11. The second kappa shape index (κ2) is 5.15. The maximum Gasteiger partial charge on any atom is 0.244 e. The predicted molar refractivity (Wildman–Crippen MR) is 59.7 cm³/mol. The number of nitrogen functional groups attached to an aromatic ring is 1. The topological polar surface area (TPSA) is 102 Å². The number of nitrogens with one attached hydrogen (secondary N) is 1. The molecule has 90 valence electrons. The Hall–Kier alpha value is -1.31. The van der Waals surface area contributed by atoms with Crippen molar-refractivity contribution in [1.82, 2.24) is 4.72 Å². The Labute approximate surface area is 94.1 Å². The van der Waals surface area contributed by atoms with E-state index in [1.807, 2.05) is 0 Å². The first kappa shape index (κ1) is 12.8. The normalized spacial score (nSPS) is 11.4. The van der Waals surface area contributed by atoms with Crippen molar-refractivity contribution >= 4 is 15.7 Å². The fourth-order valence-electron chi connectivity index (χ4n) is 1.16. The summed E-state index contributed by atoms with van der Waals surface area (Å²) in [6, 6.07) is 4.32. The molecule has 0 bridgehead atoms. The quantitative estimate of drug-likeness (QED) is 0.611. The van der Waals surface area contributed by atoms with E-state index in [1.165, 1.54) is 19.2 Å². The predicted octanol–water partition coefficient (Wildman–Crippen LogP) is -0.452. The van der Waals surface area contributed by atoms with Gasteiger partial charge in [0, 0.05) is 12.2 Å². The van der Waals surface area contributed by atoms with Gasteiger partial charge in [-0.2, -0.15) is 0 Å². The maximum absolute atomic E-state index is 11.8. The van der Waals surface area contributed by atoms with Crippen LogP contribution in [-0.4, -0.2) is 33.8 Å². The van der Waals surface area contributed by atoms with Gasteiger partial charge in [0.05, 0.1) is 13.7 Å². The smallest absolute Gasteiger partial charge is 0.244 e. The summed E-state index contributed by atoms with van der Waals surface area (Å²) in [5.41, 5.74) is 5.83. The molecule has 0 heterocycles. The van der Waals surface area contributed by atoms with Crippen LogP contribution in [0, 0.1) is 0 Å². The summed E-state index contributed by atoms with van der Waals surface area (Å²) in [7, 11) is -2.33. The molecule has 0 aliphatic rings. The number of sulfonamides is 1. The molecule has 0 atom stereocenters. The lowest BCUT2D eigenvalue weighted by Gasteiger charge is -2.10. The molecule has 16 heavy (non-hydrogen) atoms. The zero-order chi connectivity index (χ0) is 12.2. The van der Waals surface area contributed by atoms with Gasteiger partial charge in [0.25, 0.3) is 0 Å². The van der Waals surface area contributed by atoms with E-state index < -0.39 is 10.0 Å². The van der Waals surface area contributed by atoms with Crippen LogP contribution in [0.5, 0.6) is 5.75 Å². The van der Waals surface area contributed by atoms with Crippen LogP contribution in [0.1, 0.15) is 0 Å². The molecule has 7 heteroatoms. The van der Waals surface area contributed by atoms with E-state index in [2.05, 4.69) is 4.72 Å². The van der Waals surface area contributed by atoms with Gasteiger partial charge < -0.3 is 15.6 Å². The second-order valence-corrected chi connectivity index (χ2v) is 4.77. The van der Waals surface area contributed by atoms with Crippen molar-refractivity contribution in [3.8, 4) is 5.75 Å². The standard InChI is InChI=1S/C9H14N2O4S/c1-15-8-3-2-7(10)6-9(8)16(13,14)11-4-5-12/h2-3,6,11-12H,4-5,10H2,1H3. The third-order valence-corrected chi connectivity index (χ3v) is 3.36. The minimum absolute atomic E-state index is 0.0385. The van der Waals surface area contributed by atoms with Crippen LogP contribution in [0.4, 0.5) is 5.69 Å². The summed E-state index contributed by atoms with van der Waals surface area (Å²) in [5, 5.41) is 8.57. The van der Waals surface area contributed by atoms with Gasteiger partial charge in [-0.1, -0.05) is 0 Å². The van der Waals surface area contributed by atoms with Crippen molar-refractivity contribution in [2.24, 2.45) is 0 Å². The highest BCUT2D eigenvalue weighted by Crippen LogP contribution is 2.25. The third-order valence-electron chi connectivity index (χ3n) is 1.88. The van der Waals surface area contributed by atoms with Crippen LogP contribution in [0.25, 0.3) is 0 Å². The molecule has 6 nitrogen and oxygen atoms in total. The van der Waals surface area contributed by atoms with Gasteiger partial charge in [-0.3, -0.25) is 0 Å². The van der Waals surface area contributed by atoms with Crippen molar-refractivity contribution in [2.75, 3.05) is 26.0 Å². The minimum atomic E-state index is -3.70. The first-order chi connectivity index (χ1) is 7.51. The van der Waals surface area contributed by atoms with Gasteiger partial charge in [0.1, 0.15) is 10.6 Å². The summed E-state index contributed by atoms with van der Waals surface area (Å²) in [5.74, 6) is 0.208. The molecule has 0 radical (unpaired) electrons. The number of hydrogen-bond acceptors (Lipinski definition) is 5. The van der Waals surface area contributed by atoms with Crippen LogP contribution in [0.15, 0.2) is 23.1 Å². The molecule has 0 aromatic heterocycles. The van der Waals surface area contributed by atoms with E-state index in [9.17, 15) is 8.42 Å². The average Bonchev–Trinajstić information content (AvgIpc) is 2.26. The van der Waals surface area contributed by atoms with Crippen molar-refractivity contribution in [1.29, 1.82) is 0 Å². The third kappa shape index (κ3) is 2.84. The first-order valence-electron chi connectivity index (χ1n) is 4.55. The van der Waals surface area contributed by atoms with E-state index >= 15 is 0 Å². The zero-order valence-electron chi connectivity index (χ0n) is 8.80. The van der Waals surface area contributed by atoms with Crippen LogP contribution < -0.4 is 15.2 Å². The zero-order valence-corrected chi connectivity index (χ0v) is 9.62. The van der Waals surface area contributed by atoms with Crippen LogP contribution in [-0.2, 0) is 10.0 Å². The summed E-state index contributed by atoms with van der Waals surface area (Å²) in [4.78, 5) is -0.0385. The van der Waals surface area contributed by atoms with Crippen molar-refractivity contribution < 1.29 is 18.3 Å². The monoisotopic (exact) mass is 246 g/mol. The molecule has 0 spiro atoms. The van der Waals surface area contributed by atoms with Crippen molar-refractivity contribution in [2.45, 2.75) is 4.90 Å². The molecule has 0 aliphatic heterocycles. The number of ether oxygens (including phenoxy) is 1. The largest absolute Gasteiger partial charge is 0.495 e. The van der Waals surface area contributed by atoms with Crippen LogP contribution in [0.3, 0.4) is 0 Å². The van der Waals surface area contributed by atoms with Crippen LogP contribution >= 0.6 is 0 Å². The molecule has 0 unspecified atom stereocenters. The molecule has 4 N–H and O–H groups in total. The summed E-state index contributed by atoms with van der Waals surface area (Å²) in [6.07, 6.45) is 0.